The molecule has 1 aliphatic heterocycles. The number of aryl methyl sites for hydroxylation is 1. The van der Waals surface area contributed by atoms with Crippen LogP contribution in [0.25, 0.3) is 10.9 Å². The van der Waals surface area contributed by atoms with Crippen LogP contribution in [0.15, 0.2) is 24.3 Å². The van der Waals surface area contributed by atoms with Crippen molar-refractivity contribution in [3.05, 3.63) is 35.5 Å². The van der Waals surface area contributed by atoms with Crippen molar-refractivity contribution in [1.29, 1.82) is 0 Å². The van der Waals surface area contributed by atoms with Gasteiger partial charge in [0.1, 0.15) is 5.75 Å². The zero-order chi connectivity index (χ0) is 16.2. The van der Waals surface area contributed by atoms with Crippen molar-refractivity contribution in [3.63, 3.8) is 0 Å². The van der Waals surface area contributed by atoms with Gasteiger partial charge in [0.15, 0.2) is 0 Å². The van der Waals surface area contributed by atoms with Crippen molar-refractivity contribution in [1.82, 2.24) is 10.3 Å². The first kappa shape index (κ1) is 15.7. The molecule has 1 aliphatic rings. The quantitative estimate of drug-likeness (QED) is 0.922. The van der Waals surface area contributed by atoms with Crippen molar-refractivity contribution in [2.24, 2.45) is 0 Å². The van der Waals surface area contributed by atoms with Crippen molar-refractivity contribution >= 4 is 16.8 Å². The molecule has 122 valence electrons. The summed E-state index contributed by atoms with van der Waals surface area (Å²) in [6, 6.07) is 7.54. The summed E-state index contributed by atoms with van der Waals surface area (Å²) in [6.45, 7) is 3.33. The van der Waals surface area contributed by atoms with Crippen LogP contribution in [-0.4, -0.2) is 37.3 Å². The van der Waals surface area contributed by atoms with Crippen molar-refractivity contribution in [3.8, 4) is 5.75 Å². The lowest BCUT2D eigenvalue weighted by atomic mass is 10.1. The fourth-order valence-electron chi connectivity index (χ4n) is 2.92. The maximum Gasteiger partial charge on any atom is 0.253 e. The highest BCUT2D eigenvalue weighted by Crippen LogP contribution is 2.22. The zero-order valence-corrected chi connectivity index (χ0v) is 13.6. The van der Waals surface area contributed by atoms with E-state index in [-0.39, 0.29) is 12.0 Å². The Morgan fingerprint density at radius 2 is 2.30 bits per heavy atom. The molecule has 1 fully saturated rings. The van der Waals surface area contributed by atoms with Crippen LogP contribution < -0.4 is 10.1 Å². The number of pyridine rings is 1. The van der Waals surface area contributed by atoms with Gasteiger partial charge in [-0.3, -0.25) is 9.78 Å². The highest BCUT2D eigenvalue weighted by Gasteiger charge is 2.16. The van der Waals surface area contributed by atoms with Crippen LogP contribution in [0, 0.1) is 6.92 Å². The zero-order valence-electron chi connectivity index (χ0n) is 13.6. The number of fused-ring (bicyclic) bond motifs is 1. The van der Waals surface area contributed by atoms with Crippen LogP contribution in [0.2, 0.25) is 0 Å². The van der Waals surface area contributed by atoms with Gasteiger partial charge in [0, 0.05) is 18.5 Å². The van der Waals surface area contributed by atoms with Gasteiger partial charge in [0.05, 0.1) is 30.0 Å². The molecule has 1 saturated heterocycles. The molecule has 1 aromatic heterocycles. The van der Waals surface area contributed by atoms with E-state index in [1.807, 2.05) is 31.2 Å². The van der Waals surface area contributed by atoms with E-state index in [0.717, 1.165) is 48.2 Å². The Kier molecular flexibility index (Phi) is 4.76. The van der Waals surface area contributed by atoms with E-state index in [1.54, 1.807) is 7.11 Å². The summed E-state index contributed by atoms with van der Waals surface area (Å²) in [4.78, 5) is 16.9. The number of methoxy groups -OCH3 is 1. The number of rotatable bonds is 5. The third-order valence-corrected chi connectivity index (χ3v) is 4.23. The molecule has 0 bridgehead atoms. The van der Waals surface area contributed by atoms with Gasteiger partial charge in [-0.1, -0.05) is 0 Å². The molecule has 1 N–H and O–H groups in total. The van der Waals surface area contributed by atoms with Crippen molar-refractivity contribution in [2.75, 3.05) is 20.3 Å². The van der Waals surface area contributed by atoms with E-state index in [2.05, 4.69) is 10.3 Å². The normalized spacial score (nSPS) is 17.4. The molecule has 1 atom stereocenters. The number of ether oxygens (including phenoxy) is 2. The van der Waals surface area contributed by atoms with Gasteiger partial charge >= 0.3 is 0 Å². The Labute approximate surface area is 136 Å². The van der Waals surface area contributed by atoms with Crippen molar-refractivity contribution in [2.45, 2.75) is 32.3 Å². The second kappa shape index (κ2) is 6.96. The Morgan fingerprint density at radius 1 is 1.43 bits per heavy atom. The summed E-state index contributed by atoms with van der Waals surface area (Å²) in [5.74, 6) is 0.672. The Bertz CT molecular complexity index is 709. The standard InChI is InChI=1S/C18H22N2O3/c1-12-16(18(21)19-8-7-14-4-3-9-23-14)11-13-10-15(22-2)5-6-17(13)20-12/h5-6,10-11,14H,3-4,7-9H2,1-2H3,(H,19,21)/t14-/m0/s1. The number of amides is 1. The minimum absolute atomic E-state index is 0.0854. The number of nitrogens with one attached hydrogen (secondary N) is 1. The number of benzene rings is 1. The predicted molar refractivity (Wildman–Crippen MR) is 89.0 cm³/mol. The molecule has 2 aromatic rings. The highest BCUT2D eigenvalue weighted by atomic mass is 16.5. The van der Waals surface area contributed by atoms with Crippen LogP contribution >= 0.6 is 0 Å². The van der Waals surface area contributed by atoms with Gasteiger partial charge in [-0.15, -0.1) is 0 Å². The van der Waals surface area contributed by atoms with Gasteiger partial charge in [-0.25, -0.2) is 0 Å². The van der Waals surface area contributed by atoms with E-state index in [1.165, 1.54) is 0 Å². The average molecular weight is 314 g/mol. The maximum atomic E-state index is 12.4. The summed E-state index contributed by atoms with van der Waals surface area (Å²) >= 11 is 0. The molecular weight excluding hydrogens is 292 g/mol. The van der Waals surface area contributed by atoms with Gasteiger partial charge in [-0.05, 0) is 50.5 Å². The van der Waals surface area contributed by atoms with Crippen LogP contribution in [-0.2, 0) is 4.74 Å². The molecule has 3 rings (SSSR count). The molecule has 0 spiro atoms. The molecule has 23 heavy (non-hydrogen) atoms. The SMILES string of the molecule is COc1ccc2nc(C)c(C(=O)NCC[C@@H]3CCCO3)cc2c1. The fourth-order valence-corrected chi connectivity index (χ4v) is 2.92. The van der Waals surface area contributed by atoms with Crippen molar-refractivity contribution < 1.29 is 14.3 Å². The molecule has 0 saturated carbocycles. The number of carbonyl (C=O) groups is 1. The number of aromatic nitrogens is 1. The van der Waals surface area contributed by atoms with Crippen LogP contribution in [0.1, 0.15) is 35.3 Å². The molecule has 5 nitrogen and oxygen atoms in total. The van der Waals surface area contributed by atoms with Crippen LogP contribution in [0.3, 0.4) is 0 Å². The summed E-state index contributed by atoms with van der Waals surface area (Å²) in [5.41, 5.74) is 2.20. The van der Waals surface area contributed by atoms with Crippen LogP contribution in [0.5, 0.6) is 5.75 Å². The second-order valence-corrected chi connectivity index (χ2v) is 5.86. The third kappa shape index (κ3) is 3.62. The molecule has 0 radical (unpaired) electrons. The summed E-state index contributed by atoms with van der Waals surface area (Å²) in [5, 5.41) is 3.87. The number of carbonyl (C=O) groups excluding carboxylic acids is 1. The van der Waals surface area contributed by atoms with Gasteiger partial charge in [0.2, 0.25) is 0 Å². The third-order valence-electron chi connectivity index (χ3n) is 4.23. The monoisotopic (exact) mass is 314 g/mol. The first-order chi connectivity index (χ1) is 11.2. The fraction of sp³-hybridized carbons (Fsp3) is 0.444. The number of hydrogen-bond acceptors (Lipinski definition) is 4. The van der Waals surface area contributed by atoms with E-state index in [9.17, 15) is 4.79 Å². The molecule has 5 heteroatoms. The lowest BCUT2D eigenvalue weighted by Crippen LogP contribution is -2.27. The molecule has 1 aromatic carbocycles. The van der Waals surface area contributed by atoms with E-state index in [0.29, 0.717) is 12.1 Å². The number of hydrogen-bond donors (Lipinski definition) is 1. The topological polar surface area (TPSA) is 60.5 Å². The first-order valence-corrected chi connectivity index (χ1v) is 8.02. The Morgan fingerprint density at radius 3 is 3.04 bits per heavy atom. The lowest BCUT2D eigenvalue weighted by Gasteiger charge is -2.12. The van der Waals surface area contributed by atoms with E-state index < -0.39 is 0 Å². The predicted octanol–water partition coefficient (Wildman–Crippen LogP) is 2.85. The summed E-state index contributed by atoms with van der Waals surface area (Å²) < 4.78 is 10.8. The molecule has 1 amide bonds. The minimum Gasteiger partial charge on any atom is -0.497 e. The summed E-state index contributed by atoms with van der Waals surface area (Å²) in [6.07, 6.45) is 3.36. The Balaban J connectivity index is 1.72. The number of nitrogens with zero attached hydrogens (tertiary/aromatic N) is 1. The largest absolute Gasteiger partial charge is 0.497 e. The van der Waals surface area contributed by atoms with E-state index in [4.69, 9.17) is 9.47 Å². The maximum absolute atomic E-state index is 12.4. The molecule has 2 heterocycles. The first-order valence-electron chi connectivity index (χ1n) is 8.02. The van der Waals surface area contributed by atoms with Gasteiger partial charge in [0.25, 0.3) is 5.91 Å². The van der Waals surface area contributed by atoms with Crippen LogP contribution in [0.4, 0.5) is 0 Å². The molecule has 0 aliphatic carbocycles. The highest BCUT2D eigenvalue weighted by molar-refractivity contribution is 5.98. The second-order valence-electron chi connectivity index (χ2n) is 5.86. The minimum atomic E-state index is -0.0854. The average Bonchev–Trinajstić information content (AvgIpc) is 3.07. The van der Waals surface area contributed by atoms with Gasteiger partial charge in [-0.2, -0.15) is 0 Å². The summed E-state index contributed by atoms with van der Waals surface area (Å²) in [7, 11) is 1.63. The molecule has 0 unspecified atom stereocenters. The Hall–Kier alpha value is -2.14. The van der Waals surface area contributed by atoms with Gasteiger partial charge < -0.3 is 14.8 Å². The smallest absolute Gasteiger partial charge is 0.253 e. The molecular formula is C18H22N2O3. The van der Waals surface area contributed by atoms with E-state index >= 15 is 0 Å². The lowest BCUT2D eigenvalue weighted by molar-refractivity contribution is 0.0906.